The van der Waals surface area contributed by atoms with E-state index in [1.165, 1.54) is 0 Å². The van der Waals surface area contributed by atoms with E-state index in [-0.39, 0.29) is 10.6 Å². The highest BCUT2D eigenvalue weighted by atomic mass is 35.5. The first-order chi connectivity index (χ1) is 5.41. The summed E-state index contributed by atoms with van der Waals surface area (Å²) in [4.78, 5) is 32.1. The molecule has 1 aromatic rings. The Labute approximate surface area is 73.7 Å². The zero-order chi connectivity index (χ0) is 9.52. The number of halogens is 1. The van der Waals surface area contributed by atoms with Gasteiger partial charge in [0, 0.05) is 5.56 Å². The molecule has 4 heteroatoms. The van der Waals surface area contributed by atoms with Crippen molar-refractivity contribution in [2.24, 2.45) is 0 Å². The van der Waals surface area contributed by atoms with Crippen LogP contribution in [0.4, 0.5) is 0 Å². The van der Waals surface area contributed by atoms with Gasteiger partial charge in [-0.05, 0) is 13.8 Å². The van der Waals surface area contributed by atoms with Gasteiger partial charge in [-0.1, -0.05) is 11.6 Å². The third-order valence-corrected chi connectivity index (χ3v) is 2.15. The molecule has 0 radical (unpaired) electrons. The largest absolute Gasteiger partial charge is 0.302 e. The van der Waals surface area contributed by atoms with E-state index >= 15 is 0 Å². The molecule has 0 bridgehead atoms. The molecule has 12 heavy (non-hydrogen) atoms. The molecule has 0 spiro atoms. The first-order valence-electron chi connectivity index (χ1n) is 3.37. The van der Waals surface area contributed by atoms with Crippen molar-refractivity contribution in [3.05, 3.63) is 31.0 Å². The predicted molar refractivity (Wildman–Crippen MR) is 45.5 cm³/mol. The molecule has 0 aliphatic rings. The van der Waals surface area contributed by atoms with Crippen molar-refractivity contribution in [3.63, 3.8) is 0 Å². The van der Waals surface area contributed by atoms with Gasteiger partial charge in [0.15, 0.2) is 0 Å². The van der Waals surface area contributed by atoms with Crippen LogP contribution in [-0.2, 0) is 10.2 Å². The summed E-state index contributed by atoms with van der Waals surface area (Å²) in [5.41, 5.74) is -2.15. The van der Waals surface area contributed by atoms with Gasteiger partial charge in [-0.15, -0.1) is 0 Å². The summed E-state index contributed by atoms with van der Waals surface area (Å²) in [5.74, 6) is 0. The van der Waals surface area contributed by atoms with Crippen LogP contribution < -0.4 is 10.9 Å². The second-order valence-corrected chi connectivity index (χ2v) is 3.56. The van der Waals surface area contributed by atoms with E-state index in [0.717, 1.165) is 0 Å². The number of rotatable bonds is 2. The van der Waals surface area contributed by atoms with Crippen LogP contribution >= 0.6 is 11.6 Å². The molecule has 0 heterocycles. The Hall–Kier alpha value is -0.960. The van der Waals surface area contributed by atoms with Crippen LogP contribution in [0.25, 0.3) is 0 Å². The van der Waals surface area contributed by atoms with E-state index < -0.39 is 16.3 Å². The van der Waals surface area contributed by atoms with E-state index in [9.17, 15) is 14.4 Å². The molecule has 3 nitrogen and oxygen atoms in total. The molecule has 0 fully saturated rings. The predicted octanol–water partition coefficient (Wildman–Crippen LogP) is 0.412. The molecule has 0 saturated carbocycles. The lowest BCUT2D eigenvalue weighted by molar-refractivity contribution is -0.111. The van der Waals surface area contributed by atoms with Gasteiger partial charge in [0.05, 0.1) is 5.41 Å². The monoisotopic (exact) mass is 186 g/mol. The van der Waals surface area contributed by atoms with Crippen LogP contribution in [0.15, 0.2) is 9.59 Å². The molecule has 0 aliphatic carbocycles. The second kappa shape index (κ2) is 2.52. The van der Waals surface area contributed by atoms with Gasteiger partial charge < -0.3 is 4.79 Å². The van der Waals surface area contributed by atoms with Crippen LogP contribution in [0.5, 0.6) is 0 Å². The SMILES string of the molecule is CC(C)(C=O)c1c(Cl)c(=O)c1=O. The van der Waals surface area contributed by atoms with Crippen LogP contribution in [0.1, 0.15) is 19.4 Å². The molecular weight excluding hydrogens is 180 g/mol. The Morgan fingerprint density at radius 3 is 2.08 bits per heavy atom. The summed E-state index contributed by atoms with van der Waals surface area (Å²) in [7, 11) is 0. The van der Waals surface area contributed by atoms with Gasteiger partial charge in [0.25, 0.3) is 0 Å². The first kappa shape index (κ1) is 9.13. The maximum Gasteiger partial charge on any atom is 0.245 e. The highest BCUT2D eigenvalue weighted by molar-refractivity contribution is 6.32. The minimum absolute atomic E-state index is 0.0999. The van der Waals surface area contributed by atoms with E-state index in [0.29, 0.717) is 6.29 Å². The van der Waals surface area contributed by atoms with Gasteiger partial charge in [0.2, 0.25) is 10.9 Å². The summed E-state index contributed by atoms with van der Waals surface area (Å²) in [6.45, 7) is 3.09. The van der Waals surface area contributed by atoms with Crippen molar-refractivity contribution in [2.45, 2.75) is 19.3 Å². The zero-order valence-corrected chi connectivity index (χ0v) is 7.44. The van der Waals surface area contributed by atoms with Gasteiger partial charge in [-0.2, -0.15) is 0 Å². The molecule has 1 aromatic carbocycles. The minimum Gasteiger partial charge on any atom is -0.302 e. The topological polar surface area (TPSA) is 51.2 Å². The maximum atomic E-state index is 10.9. The molecule has 0 saturated heterocycles. The van der Waals surface area contributed by atoms with Crippen molar-refractivity contribution in [1.29, 1.82) is 0 Å². The third kappa shape index (κ3) is 1.01. The van der Waals surface area contributed by atoms with Crippen molar-refractivity contribution < 1.29 is 4.79 Å². The van der Waals surface area contributed by atoms with Crippen LogP contribution in [0, 0.1) is 0 Å². The summed E-state index contributed by atoms with van der Waals surface area (Å²) in [6.07, 6.45) is 0.606. The molecular formula is C8H7ClO3. The molecule has 0 aliphatic heterocycles. The van der Waals surface area contributed by atoms with Crippen molar-refractivity contribution >= 4 is 17.9 Å². The Morgan fingerprint density at radius 1 is 1.25 bits per heavy atom. The molecule has 64 valence electrons. The summed E-state index contributed by atoms with van der Waals surface area (Å²) >= 11 is 5.47. The Bertz CT molecular complexity index is 396. The molecule has 0 aromatic heterocycles. The van der Waals surface area contributed by atoms with Gasteiger partial charge in [0.1, 0.15) is 11.3 Å². The second-order valence-electron chi connectivity index (χ2n) is 3.19. The quantitative estimate of drug-likeness (QED) is 0.497. The fourth-order valence-electron chi connectivity index (χ4n) is 0.998. The van der Waals surface area contributed by atoms with Crippen LogP contribution in [-0.4, -0.2) is 6.29 Å². The lowest BCUT2D eigenvalue weighted by Crippen LogP contribution is -2.43. The summed E-state index contributed by atoms with van der Waals surface area (Å²) in [5, 5.41) is -0.0999. The van der Waals surface area contributed by atoms with Crippen LogP contribution in [0.2, 0.25) is 5.02 Å². The highest BCUT2D eigenvalue weighted by Gasteiger charge is 2.32. The molecule has 0 unspecified atom stereocenters. The number of carbonyl (C=O) groups excluding carboxylic acids is 1. The molecule has 1 rings (SSSR count). The van der Waals surface area contributed by atoms with Crippen molar-refractivity contribution in [1.82, 2.24) is 0 Å². The van der Waals surface area contributed by atoms with E-state index in [1.807, 2.05) is 0 Å². The van der Waals surface area contributed by atoms with E-state index in [1.54, 1.807) is 13.8 Å². The average Bonchev–Trinajstić information content (AvgIpc) is 2.04. The Morgan fingerprint density at radius 2 is 1.75 bits per heavy atom. The van der Waals surface area contributed by atoms with Crippen LogP contribution in [0.3, 0.4) is 0 Å². The Kier molecular flexibility index (Phi) is 1.92. The number of aldehydes is 1. The Balaban J connectivity index is 3.33. The standard InChI is InChI=1S/C8H7ClO3/c1-8(2,3-10)4-5(9)7(12)6(4)11/h3H,1-2H3. The third-order valence-electron chi connectivity index (χ3n) is 1.79. The zero-order valence-electron chi connectivity index (χ0n) is 6.68. The van der Waals surface area contributed by atoms with Crippen molar-refractivity contribution in [2.75, 3.05) is 0 Å². The lowest BCUT2D eigenvalue weighted by Gasteiger charge is -2.18. The number of hydrogen-bond donors (Lipinski definition) is 0. The van der Waals surface area contributed by atoms with Gasteiger partial charge in [-0.3, -0.25) is 9.59 Å². The average molecular weight is 187 g/mol. The van der Waals surface area contributed by atoms with Crippen molar-refractivity contribution in [3.8, 4) is 0 Å². The maximum absolute atomic E-state index is 10.9. The lowest BCUT2D eigenvalue weighted by atomic mass is 9.83. The van der Waals surface area contributed by atoms with Gasteiger partial charge >= 0.3 is 0 Å². The molecule has 0 amide bonds. The number of hydrogen-bond acceptors (Lipinski definition) is 3. The fourth-order valence-corrected chi connectivity index (χ4v) is 1.41. The minimum atomic E-state index is -0.942. The normalized spacial score (nSPS) is 11.9. The number of carbonyl (C=O) groups is 1. The first-order valence-corrected chi connectivity index (χ1v) is 3.75. The smallest absolute Gasteiger partial charge is 0.245 e. The highest BCUT2D eigenvalue weighted by Crippen LogP contribution is 2.23. The van der Waals surface area contributed by atoms with E-state index in [4.69, 9.17) is 11.6 Å². The summed E-state index contributed by atoms with van der Waals surface area (Å²) in [6, 6.07) is 0. The van der Waals surface area contributed by atoms with E-state index in [2.05, 4.69) is 0 Å². The fraction of sp³-hybridized carbons (Fsp3) is 0.375. The van der Waals surface area contributed by atoms with Gasteiger partial charge in [-0.25, -0.2) is 0 Å². The summed E-state index contributed by atoms with van der Waals surface area (Å²) < 4.78 is 0. The molecule has 0 atom stereocenters. The molecule has 0 N–H and O–H groups in total.